The molecule has 1 fully saturated rings. The van der Waals surface area contributed by atoms with E-state index >= 15 is 0 Å². The number of aryl methyl sites for hydroxylation is 2. The number of anilines is 2. The van der Waals surface area contributed by atoms with Crippen LogP contribution >= 0.6 is 0 Å². The lowest BCUT2D eigenvalue weighted by Gasteiger charge is -2.37. The van der Waals surface area contributed by atoms with E-state index in [4.69, 9.17) is 9.72 Å². The fraction of sp³-hybridized carbons (Fsp3) is 0.567. The molecule has 3 aliphatic rings. The van der Waals surface area contributed by atoms with Crippen molar-refractivity contribution in [1.82, 2.24) is 9.88 Å². The maximum atomic E-state index is 13.0. The first-order valence-corrected chi connectivity index (χ1v) is 14.0. The average Bonchev–Trinajstić information content (AvgIpc) is 2.95. The van der Waals surface area contributed by atoms with Crippen LogP contribution in [-0.2, 0) is 33.6 Å². The molecule has 1 saturated heterocycles. The standard InChI is InChI=1S/C30H40N4O3/c1-37-29(36)19-24(25-18-23-5-2-3-7-27(23)32-20-25)17-21-12-15-34(16-13-21)28(35)11-10-26-9-8-22-6-4-14-31-30(22)33-26/h2-3,5,7-9,21,24-25,32H,4,6,10-20H2,1H3,(H,31,33). The number of nitrogens with zero attached hydrogens (tertiary/aromatic N) is 2. The summed E-state index contributed by atoms with van der Waals surface area (Å²) in [6.45, 7) is 3.48. The normalized spacial score (nSPS) is 20.1. The van der Waals surface area contributed by atoms with E-state index in [1.165, 1.54) is 23.9 Å². The third-order valence-electron chi connectivity index (χ3n) is 8.53. The van der Waals surface area contributed by atoms with E-state index in [0.717, 1.165) is 76.2 Å². The number of fused-ring (bicyclic) bond motifs is 2. The van der Waals surface area contributed by atoms with Crippen LogP contribution in [0.4, 0.5) is 11.5 Å². The van der Waals surface area contributed by atoms with E-state index < -0.39 is 0 Å². The molecular weight excluding hydrogens is 464 g/mol. The number of carbonyl (C=O) groups excluding carboxylic acids is 2. The Bertz CT molecular complexity index is 1100. The van der Waals surface area contributed by atoms with Gasteiger partial charge in [0.2, 0.25) is 5.91 Å². The number of benzene rings is 1. The van der Waals surface area contributed by atoms with E-state index in [9.17, 15) is 9.59 Å². The number of esters is 1. The van der Waals surface area contributed by atoms with Crippen LogP contribution in [0, 0.1) is 17.8 Å². The molecule has 2 atom stereocenters. The Morgan fingerprint density at radius 2 is 1.95 bits per heavy atom. The molecule has 0 radical (unpaired) electrons. The highest BCUT2D eigenvalue weighted by atomic mass is 16.5. The van der Waals surface area contributed by atoms with E-state index in [-0.39, 0.29) is 17.8 Å². The van der Waals surface area contributed by atoms with Gasteiger partial charge in [-0.15, -0.1) is 0 Å². The molecule has 198 valence electrons. The number of rotatable bonds is 8. The van der Waals surface area contributed by atoms with Gasteiger partial charge in [0.15, 0.2) is 0 Å². The van der Waals surface area contributed by atoms with Crippen molar-refractivity contribution in [3.8, 4) is 0 Å². The maximum Gasteiger partial charge on any atom is 0.305 e. The monoisotopic (exact) mass is 504 g/mol. The Labute approximate surface area is 220 Å². The van der Waals surface area contributed by atoms with Gasteiger partial charge in [-0.2, -0.15) is 0 Å². The van der Waals surface area contributed by atoms with Gasteiger partial charge in [-0.1, -0.05) is 24.3 Å². The molecule has 7 nitrogen and oxygen atoms in total. The zero-order valence-electron chi connectivity index (χ0n) is 22.0. The molecule has 1 aromatic heterocycles. The fourth-order valence-corrected chi connectivity index (χ4v) is 6.29. The molecule has 1 amide bonds. The molecule has 0 aliphatic carbocycles. The highest BCUT2D eigenvalue weighted by Gasteiger charge is 2.32. The molecule has 3 aliphatic heterocycles. The van der Waals surface area contributed by atoms with Crippen molar-refractivity contribution in [1.29, 1.82) is 0 Å². The fourth-order valence-electron chi connectivity index (χ4n) is 6.29. The summed E-state index contributed by atoms with van der Waals surface area (Å²) in [5.41, 5.74) is 4.81. The van der Waals surface area contributed by atoms with Crippen molar-refractivity contribution < 1.29 is 14.3 Å². The number of likely N-dealkylation sites (tertiary alicyclic amines) is 1. The number of pyridine rings is 1. The molecule has 0 spiro atoms. The number of ether oxygens (including phenoxy) is 1. The van der Waals surface area contributed by atoms with Crippen LogP contribution in [0.1, 0.15) is 55.3 Å². The predicted octanol–water partition coefficient (Wildman–Crippen LogP) is 4.46. The SMILES string of the molecule is COC(=O)CC(CC1CCN(C(=O)CCc2ccc3c(n2)NCCC3)CC1)C1CNc2ccccc2C1. The zero-order valence-corrected chi connectivity index (χ0v) is 22.0. The number of para-hydroxylation sites is 1. The van der Waals surface area contributed by atoms with Crippen LogP contribution < -0.4 is 10.6 Å². The van der Waals surface area contributed by atoms with Crippen molar-refractivity contribution in [2.45, 2.75) is 57.8 Å². The van der Waals surface area contributed by atoms with Crippen LogP contribution in [0.2, 0.25) is 0 Å². The number of hydrogen-bond donors (Lipinski definition) is 2. The van der Waals surface area contributed by atoms with Crippen LogP contribution in [0.3, 0.4) is 0 Å². The molecule has 1 aromatic carbocycles. The summed E-state index contributed by atoms with van der Waals surface area (Å²) in [5.74, 6) is 2.32. The topological polar surface area (TPSA) is 83.6 Å². The van der Waals surface area contributed by atoms with Gasteiger partial charge in [0.1, 0.15) is 5.82 Å². The minimum Gasteiger partial charge on any atom is -0.469 e. The summed E-state index contributed by atoms with van der Waals surface area (Å²) in [5, 5.41) is 6.95. The zero-order chi connectivity index (χ0) is 25.6. The van der Waals surface area contributed by atoms with E-state index in [1.54, 1.807) is 0 Å². The number of methoxy groups -OCH3 is 1. The highest BCUT2D eigenvalue weighted by molar-refractivity contribution is 5.76. The maximum absolute atomic E-state index is 13.0. The van der Waals surface area contributed by atoms with Gasteiger partial charge in [0.25, 0.3) is 0 Å². The van der Waals surface area contributed by atoms with Crippen molar-refractivity contribution in [3.05, 3.63) is 53.2 Å². The van der Waals surface area contributed by atoms with Crippen LogP contribution in [0.25, 0.3) is 0 Å². The molecule has 2 N–H and O–H groups in total. The Balaban J connectivity index is 1.12. The molecule has 0 saturated carbocycles. The molecule has 2 aromatic rings. The Hall–Kier alpha value is -3.09. The predicted molar refractivity (Wildman–Crippen MR) is 146 cm³/mol. The lowest BCUT2D eigenvalue weighted by Crippen LogP contribution is -2.40. The molecule has 4 heterocycles. The van der Waals surface area contributed by atoms with Gasteiger partial charge in [0.05, 0.1) is 7.11 Å². The summed E-state index contributed by atoms with van der Waals surface area (Å²) in [7, 11) is 1.48. The molecule has 5 rings (SSSR count). The van der Waals surface area contributed by atoms with Crippen molar-refractivity contribution in [2.75, 3.05) is 43.9 Å². The van der Waals surface area contributed by atoms with Crippen molar-refractivity contribution >= 4 is 23.4 Å². The second-order valence-electron chi connectivity index (χ2n) is 10.9. The summed E-state index contributed by atoms with van der Waals surface area (Å²) < 4.78 is 5.05. The summed E-state index contributed by atoms with van der Waals surface area (Å²) in [4.78, 5) is 32.0. The highest BCUT2D eigenvalue weighted by Crippen LogP contribution is 2.36. The Kier molecular flexibility index (Phi) is 8.27. The van der Waals surface area contributed by atoms with Crippen LogP contribution in [0.5, 0.6) is 0 Å². The second kappa shape index (κ2) is 12.0. The lowest BCUT2D eigenvalue weighted by molar-refractivity contribution is -0.142. The number of carbonyl (C=O) groups is 2. The van der Waals surface area contributed by atoms with Gasteiger partial charge in [-0.05, 0) is 86.0 Å². The first-order chi connectivity index (χ1) is 18.1. The van der Waals surface area contributed by atoms with E-state index in [0.29, 0.717) is 31.1 Å². The third-order valence-corrected chi connectivity index (χ3v) is 8.53. The minimum absolute atomic E-state index is 0.123. The number of hydrogen-bond acceptors (Lipinski definition) is 6. The van der Waals surface area contributed by atoms with E-state index in [2.05, 4.69) is 47.0 Å². The first-order valence-electron chi connectivity index (χ1n) is 14.0. The van der Waals surface area contributed by atoms with E-state index in [1.807, 2.05) is 4.90 Å². The molecule has 37 heavy (non-hydrogen) atoms. The van der Waals surface area contributed by atoms with Gasteiger partial charge in [-0.25, -0.2) is 4.98 Å². The second-order valence-corrected chi connectivity index (χ2v) is 10.9. The molecule has 0 bridgehead atoms. The molecule has 7 heteroatoms. The number of piperidine rings is 1. The quantitative estimate of drug-likeness (QED) is 0.517. The van der Waals surface area contributed by atoms with Crippen LogP contribution in [0.15, 0.2) is 36.4 Å². The third kappa shape index (κ3) is 6.43. The number of amides is 1. The smallest absolute Gasteiger partial charge is 0.305 e. The van der Waals surface area contributed by atoms with Gasteiger partial charge in [0, 0.05) is 50.4 Å². The Morgan fingerprint density at radius 1 is 1.11 bits per heavy atom. The number of nitrogens with one attached hydrogen (secondary N) is 2. The summed E-state index contributed by atoms with van der Waals surface area (Å²) >= 11 is 0. The van der Waals surface area contributed by atoms with Gasteiger partial charge >= 0.3 is 5.97 Å². The number of aromatic nitrogens is 1. The van der Waals surface area contributed by atoms with Crippen molar-refractivity contribution in [2.24, 2.45) is 17.8 Å². The Morgan fingerprint density at radius 3 is 2.78 bits per heavy atom. The van der Waals surface area contributed by atoms with Gasteiger partial charge < -0.3 is 20.3 Å². The van der Waals surface area contributed by atoms with Crippen molar-refractivity contribution in [3.63, 3.8) is 0 Å². The first kappa shape index (κ1) is 25.6. The van der Waals surface area contributed by atoms with Gasteiger partial charge in [-0.3, -0.25) is 9.59 Å². The average molecular weight is 505 g/mol. The largest absolute Gasteiger partial charge is 0.469 e. The lowest BCUT2D eigenvalue weighted by atomic mass is 9.75. The molecule has 2 unspecified atom stereocenters. The van der Waals surface area contributed by atoms with Crippen LogP contribution in [-0.4, -0.2) is 55.0 Å². The summed E-state index contributed by atoms with van der Waals surface area (Å²) in [6, 6.07) is 12.7. The minimum atomic E-state index is -0.123. The molecular formula is C30H40N4O3. The summed E-state index contributed by atoms with van der Waals surface area (Å²) in [6.07, 6.45) is 7.90.